The highest BCUT2D eigenvalue weighted by Gasteiger charge is 2.08. The summed E-state index contributed by atoms with van der Waals surface area (Å²) in [5.74, 6) is -1.66. The molecule has 0 aliphatic heterocycles. The smallest absolute Gasteiger partial charge is 0.181 e. The van der Waals surface area contributed by atoms with Crippen molar-refractivity contribution in [3.8, 4) is 6.19 Å². The minimum absolute atomic E-state index is 0.158. The number of anilines is 1. The standard InChI is InChI=1S/C7H3ClF2N2/c8-5-1-4(9)2-6(10)7(5)12-3-11/h1-2,12H. The summed E-state index contributed by atoms with van der Waals surface area (Å²) in [7, 11) is 0. The van der Waals surface area contributed by atoms with E-state index in [1.54, 1.807) is 0 Å². The van der Waals surface area contributed by atoms with Gasteiger partial charge in [0.1, 0.15) is 11.5 Å². The molecule has 0 spiro atoms. The van der Waals surface area contributed by atoms with Gasteiger partial charge < -0.3 is 0 Å². The van der Waals surface area contributed by atoms with Gasteiger partial charge in [-0.25, -0.2) is 8.78 Å². The van der Waals surface area contributed by atoms with Crippen LogP contribution < -0.4 is 5.32 Å². The Kier molecular flexibility index (Phi) is 2.46. The van der Waals surface area contributed by atoms with E-state index in [2.05, 4.69) is 0 Å². The second-order valence-electron chi connectivity index (χ2n) is 1.98. The van der Waals surface area contributed by atoms with Gasteiger partial charge in [-0.15, -0.1) is 0 Å². The molecular weight excluding hydrogens is 186 g/mol. The number of hydrogen-bond donors (Lipinski definition) is 1. The number of halogens is 3. The molecule has 0 aliphatic carbocycles. The molecular formula is C7H3ClF2N2. The van der Waals surface area contributed by atoms with Gasteiger partial charge >= 0.3 is 0 Å². The molecule has 1 rings (SSSR count). The van der Waals surface area contributed by atoms with Crippen molar-refractivity contribution in [2.45, 2.75) is 0 Å². The molecule has 12 heavy (non-hydrogen) atoms. The average molecular weight is 189 g/mol. The van der Waals surface area contributed by atoms with E-state index in [1.807, 2.05) is 5.32 Å². The van der Waals surface area contributed by atoms with Gasteiger partial charge in [0.2, 0.25) is 0 Å². The molecule has 0 atom stereocenters. The van der Waals surface area contributed by atoms with E-state index >= 15 is 0 Å². The SMILES string of the molecule is N#CNc1c(F)cc(F)cc1Cl. The molecule has 0 fully saturated rings. The second kappa shape index (κ2) is 3.37. The Bertz CT molecular complexity index is 323. The van der Waals surface area contributed by atoms with Gasteiger partial charge in [-0.2, -0.15) is 5.26 Å². The van der Waals surface area contributed by atoms with Crippen molar-refractivity contribution in [2.75, 3.05) is 5.32 Å². The zero-order chi connectivity index (χ0) is 9.14. The van der Waals surface area contributed by atoms with Crippen LogP contribution in [0.25, 0.3) is 0 Å². The van der Waals surface area contributed by atoms with Crippen LogP contribution in [0.15, 0.2) is 12.1 Å². The predicted molar refractivity (Wildman–Crippen MR) is 40.6 cm³/mol. The van der Waals surface area contributed by atoms with Crippen LogP contribution in [0, 0.1) is 23.1 Å². The molecule has 0 saturated carbocycles. The molecule has 0 unspecified atom stereocenters. The maximum atomic E-state index is 12.8. The summed E-state index contributed by atoms with van der Waals surface area (Å²) in [4.78, 5) is 0. The quantitative estimate of drug-likeness (QED) is 0.543. The van der Waals surface area contributed by atoms with Crippen molar-refractivity contribution in [1.29, 1.82) is 5.26 Å². The summed E-state index contributed by atoms with van der Waals surface area (Å²) in [5.41, 5.74) is -0.208. The number of hydrogen-bond acceptors (Lipinski definition) is 2. The zero-order valence-corrected chi connectivity index (χ0v) is 6.49. The van der Waals surface area contributed by atoms with Crippen molar-refractivity contribution in [2.24, 2.45) is 0 Å². The van der Waals surface area contributed by atoms with Crippen molar-refractivity contribution >= 4 is 17.3 Å². The predicted octanol–water partition coefficient (Wildman–Crippen LogP) is 2.51. The minimum atomic E-state index is -0.887. The van der Waals surface area contributed by atoms with Crippen LogP contribution in [0.1, 0.15) is 0 Å². The molecule has 1 aromatic rings. The Morgan fingerprint density at radius 1 is 1.42 bits per heavy atom. The molecule has 1 N–H and O–H groups in total. The molecule has 0 heterocycles. The average Bonchev–Trinajstić information content (AvgIpc) is 1.96. The van der Waals surface area contributed by atoms with Crippen LogP contribution >= 0.6 is 11.6 Å². The normalized spacial score (nSPS) is 9.17. The van der Waals surface area contributed by atoms with E-state index in [9.17, 15) is 8.78 Å². The number of rotatable bonds is 1. The number of nitrogens with zero attached hydrogens (tertiary/aromatic N) is 1. The Hall–Kier alpha value is -1.34. The lowest BCUT2D eigenvalue weighted by atomic mass is 10.3. The fraction of sp³-hybridized carbons (Fsp3) is 0. The fourth-order valence-corrected chi connectivity index (χ4v) is 0.959. The summed E-state index contributed by atoms with van der Waals surface area (Å²) in [6.07, 6.45) is 1.49. The Morgan fingerprint density at radius 3 is 2.58 bits per heavy atom. The summed E-state index contributed by atoms with van der Waals surface area (Å²) in [5, 5.41) is 10.0. The van der Waals surface area contributed by atoms with Crippen LogP contribution in [0.5, 0.6) is 0 Å². The third-order valence-corrected chi connectivity index (χ3v) is 1.49. The monoisotopic (exact) mass is 188 g/mol. The van der Waals surface area contributed by atoms with Gasteiger partial charge in [0.25, 0.3) is 0 Å². The molecule has 0 radical (unpaired) electrons. The van der Waals surface area contributed by atoms with Crippen molar-refractivity contribution in [1.82, 2.24) is 0 Å². The minimum Gasteiger partial charge on any atom is -0.289 e. The highest BCUT2D eigenvalue weighted by molar-refractivity contribution is 6.33. The van der Waals surface area contributed by atoms with Crippen LogP contribution in [-0.4, -0.2) is 0 Å². The molecule has 0 bridgehead atoms. The van der Waals surface area contributed by atoms with E-state index in [0.29, 0.717) is 6.07 Å². The van der Waals surface area contributed by atoms with Crippen LogP contribution in [-0.2, 0) is 0 Å². The third-order valence-electron chi connectivity index (χ3n) is 1.19. The summed E-state index contributed by atoms with van der Waals surface area (Å²) in [6.45, 7) is 0. The van der Waals surface area contributed by atoms with Gasteiger partial charge in [-0.05, 0) is 6.07 Å². The van der Waals surface area contributed by atoms with E-state index in [-0.39, 0.29) is 10.7 Å². The van der Waals surface area contributed by atoms with Gasteiger partial charge in [0.05, 0.1) is 5.02 Å². The first-order valence-corrected chi connectivity index (χ1v) is 3.32. The molecule has 0 saturated heterocycles. The van der Waals surface area contributed by atoms with Gasteiger partial charge in [-0.1, -0.05) is 11.6 Å². The first kappa shape index (κ1) is 8.75. The first-order chi connectivity index (χ1) is 5.65. The lowest BCUT2D eigenvalue weighted by molar-refractivity contribution is 0.586. The number of nitrogens with one attached hydrogen (secondary N) is 1. The summed E-state index contributed by atoms with van der Waals surface area (Å²) in [6, 6.07) is 1.57. The highest BCUT2D eigenvalue weighted by atomic mass is 35.5. The molecule has 0 amide bonds. The van der Waals surface area contributed by atoms with Gasteiger partial charge in [-0.3, -0.25) is 5.32 Å². The lowest BCUT2D eigenvalue weighted by Crippen LogP contribution is -1.93. The maximum Gasteiger partial charge on any atom is 0.181 e. The van der Waals surface area contributed by atoms with Crippen LogP contribution in [0.4, 0.5) is 14.5 Å². The van der Waals surface area contributed by atoms with Gasteiger partial charge in [0, 0.05) is 6.07 Å². The third kappa shape index (κ3) is 1.63. The summed E-state index contributed by atoms with van der Waals surface area (Å²) < 4.78 is 25.2. The molecule has 1 aromatic carbocycles. The summed E-state index contributed by atoms with van der Waals surface area (Å²) >= 11 is 5.42. The molecule has 5 heteroatoms. The number of benzene rings is 1. The fourth-order valence-electron chi connectivity index (χ4n) is 0.718. The molecule has 0 aliphatic rings. The zero-order valence-electron chi connectivity index (χ0n) is 5.74. The molecule has 2 nitrogen and oxygen atoms in total. The molecule has 62 valence electrons. The Labute approximate surface area is 72.4 Å². The largest absolute Gasteiger partial charge is 0.289 e. The Balaban J connectivity index is 3.21. The maximum absolute atomic E-state index is 12.8. The van der Waals surface area contributed by atoms with Crippen LogP contribution in [0.2, 0.25) is 5.02 Å². The second-order valence-corrected chi connectivity index (χ2v) is 2.39. The van der Waals surface area contributed by atoms with E-state index in [4.69, 9.17) is 16.9 Å². The van der Waals surface area contributed by atoms with E-state index in [0.717, 1.165) is 6.07 Å². The first-order valence-electron chi connectivity index (χ1n) is 2.95. The Morgan fingerprint density at radius 2 is 2.08 bits per heavy atom. The van der Waals surface area contributed by atoms with Crippen molar-refractivity contribution in [3.63, 3.8) is 0 Å². The van der Waals surface area contributed by atoms with Crippen molar-refractivity contribution < 1.29 is 8.78 Å². The topological polar surface area (TPSA) is 35.8 Å². The number of nitriles is 1. The lowest BCUT2D eigenvalue weighted by Gasteiger charge is -2.01. The van der Waals surface area contributed by atoms with Crippen LogP contribution in [0.3, 0.4) is 0 Å². The van der Waals surface area contributed by atoms with E-state index < -0.39 is 11.6 Å². The van der Waals surface area contributed by atoms with Crippen molar-refractivity contribution in [3.05, 3.63) is 28.8 Å². The highest BCUT2D eigenvalue weighted by Crippen LogP contribution is 2.25. The molecule has 0 aromatic heterocycles. The van der Waals surface area contributed by atoms with Gasteiger partial charge in [0.15, 0.2) is 12.0 Å². The van der Waals surface area contributed by atoms with E-state index in [1.165, 1.54) is 6.19 Å².